The highest BCUT2D eigenvalue weighted by Gasteiger charge is 2.46. The Bertz CT molecular complexity index is 494. The van der Waals surface area contributed by atoms with Crippen LogP contribution in [0.1, 0.15) is 55.4 Å². The minimum absolute atomic E-state index is 0.0530. The number of benzene rings is 1. The Hall–Kier alpha value is -1.41. The Balaban J connectivity index is 0.000000704. The molecule has 1 spiro atoms. The van der Waals surface area contributed by atoms with Crippen molar-refractivity contribution < 1.29 is 9.90 Å². The molecular weight excluding hydrogens is 248 g/mol. The van der Waals surface area contributed by atoms with E-state index in [1.807, 2.05) is 0 Å². The normalized spacial score (nSPS) is 23.1. The molecule has 0 radical (unpaired) electrons. The van der Waals surface area contributed by atoms with Gasteiger partial charge in [-0.2, -0.15) is 0 Å². The van der Waals surface area contributed by atoms with Gasteiger partial charge in [-0.15, -0.1) is 13.2 Å². The van der Waals surface area contributed by atoms with Crippen LogP contribution >= 0.6 is 0 Å². The lowest BCUT2D eigenvalue weighted by Gasteiger charge is -2.36. The molecule has 1 aromatic rings. The average Bonchev–Trinajstić information content (AvgIpc) is 2.77. The fourth-order valence-electron chi connectivity index (χ4n) is 3.58. The molecule has 2 heteroatoms. The van der Waals surface area contributed by atoms with Gasteiger partial charge in [0.25, 0.3) is 0 Å². The van der Waals surface area contributed by atoms with Crippen molar-refractivity contribution in [3.63, 3.8) is 0 Å². The van der Waals surface area contributed by atoms with Crippen molar-refractivity contribution in [2.45, 2.75) is 51.6 Å². The number of carbonyl (C=O) groups is 1. The fraction of sp³-hybridized carbons (Fsp3) is 0.500. The molecule has 0 saturated heterocycles. The maximum atomic E-state index is 11.4. The van der Waals surface area contributed by atoms with Crippen LogP contribution in [0.25, 0.3) is 0 Å². The summed E-state index contributed by atoms with van der Waals surface area (Å²) in [5.41, 5.74) is 3.69. The molecule has 0 amide bonds. The summed E-state index contributed by atoms with van der Waals surface area (Å²) in [4.78, 5) is 11.4. The highest BCUT2D eigenvalue weighted by atomic mass is 16.3. The van der Waals surface area contributed by atoms with Gasteiger partial charge in [0.05, 0.1) is 6.10 Å². The van der Waals surface area contributed by atoms with Crippen LogP contribution in [0.4, 0.5) is 0 Å². The maximum absolute atomic E-state index is 11.4. The van der Waals surface area contributed by atoms with E-state index in [9.17, 15) is 9.90 Å². The molecule has 0 heterocycles. The number of carbonyl (C=O) groups excluding carboxylic acids is 1. The standard InChI is InChI=1S/C16H20O2.C2H4/c1-2-11-3-4-14-12(9-11)10-16(15(14)18)7-5-13(17)6-8-16;1-2/h3-4,9,15,18H,2,5-8,10H2,1H3;1-2H2. The van der Waals surface area contributed by atoms with E-state index in [4.69, 9.17) is 0 Å². The summed E-state index contributed by atoms with van der Waals surface area (Å²) in [6, 6.07) is 6.45. The molecular formula is C18H24O2. The molecule has 108 valence electrons. The highest BCUT2D eigenvalue weighted by molar-refractivity contribution is 5.79. The summed E-state index contributed by atoms with van der Waals surface area (Å²) in [5.74, 6) is 0.359. The fourth-order valence-corrected chi connectivity index (χ4v) is 3.58. The maximum Gasteiger partial charge on any atom is 0.132 e. The number of hydrogen-bond donors (Lipinski definition) is 1. The van der Waals surface area contributed by atoms with Gasteiger partial charge in [0.2, 0.25) is 0 Å². The molecule has 1 saturated carbocycles. The predicted octanol–water partition coefficient (Wildman–Crippen LogP) is 3.77. The van der Waals surface area contributed by atoms with Gasteiger partial charge in [-0.1, -0.05) is 25.1 Å². The second-order valence-electron chi connectivity index (χ2n) is 5.87. The van der Waals surface area contributed by atoms with Crippen molar-refractivity contribution in [1.82, 2.24) is 0 Å². The van der Waals surface area contributed by atoms with Gasteiger partial charge in [0, 0.05) is 18.3 Å². The number of aryl methyl sites for hydroxylation is 1. The van der Waals surface area contributed by atoms with Gasteiger partial charge in [-0.25, -0.2) is 0 Å². The van der Waals surface area contributed by atoms with Crippen molar-refractivity contribution in [2.75, 3.05) is 0 Å². The minimum Gasteiger partial charge on any atom is -0.388 e. The van der Waals surface area contributed by atoms with Gasteiger partial charge in [0.1, 0.15) is 5.78 Å². The summed E-state index contributed by atoms with van der Waals surface area (Å²) in [6.45, 7) is 8.15. The topological polar surface area (TPSA) is 37.3 Å². The highest BCUT2D eigenvalue weighted by Crippen LogP contribution is 2.53. The van der Waals surface area contributed by atoms with Crippen LogP contribution in [-0.4, -0.2) is 10.9 Å². The second kappa shape index (κ2) is 5.92. The Kier molecular flexibility index (Phi) is 4.44. The van der Waals surface area contributed by atoms with Crippen LogP contribution < -0.4 is 0 Å². The molecule has 1 fully saturated rings. The first-order chi connectivity index (χ1) is 9.64. The summed E-state index contributed by atoms with van der Waals surface area (Å²) >= 11 is 0. The Labute approximate surface area is 121 Å². The van der Waals surface area contributed by atoms with Gasteiger partial charge >= 0.3 is 0 Å². The molecule has 0 aromatic heterocycles. The van der Waals surface area contributed by atoms with E-state index in [2.05, 4.69) is 38.3 Å². The van der Waals surface area contributed by atoms with E-state index in [0.717, 1.165) is 31.2 Å². The summed E-state index contributed by atoms with van der Waals surface area (Å²) in [6.07, 6.45) is 4.61. The molecule has 1 atom stereocenters. The van der Waals surface area contributed by atoms with Gasteiger partial charge < -0.3 is 5.11 Å². The molecule has 2 aliphatic rings. The number of rotatable bonds is 1. The Morgan fingerprint density at radius 1 is 1.30 bits per heavy atom. The van der Waals surface area contributed by atoms with Crippen molar-refractivity contribution >= 4 is 5.78 Å². The zero-order valence-electron chi connectivity index (χ0n) is 12.3. The second-order valence-corrected chi connectivity index (χ2v) is 5.87. The van der Waals surface area contributed by atoms with E-state index in [1.54, 1.807) is 0 Å². The molecule has 3 rings (SSSR count). The van der Waals surface area contributed by atoms with E-state index in [0.29, 0.717) is 18.6 Å². The van der Waals surface area contributed by atoms with Crippen LogP contribution in [-0.2, 0) is 17.6 Å². The van der Waals surface area contributed by atoms with Crippen molar-refractivity contribution in [3.8, 4) is 0 Å². The third-order valence-corrected chi connectivity index (χ3v) is 4.84. The molecule has 2 nitrogen and oxygen atoms in total. The first-order valence-electron chi connectivity index (χ1n) is 7.46. The quantitative estimate of drug-likeness (QED) is 0.790. The predicted molar refractivity (Wildman–Crippen MR) is 81.6 cm³/mol. The van der Waals surface area contributed by atoms with Crippen LogP contribution in [0.15, 0.2) is 31.4 Å². The number of ketones is 1. The lowest BCUT2D eigenvalue weighted by atomic mass is 9.70. The molecule has 0 aliphatic heterocycles. The van der Waals surface area contributed by atoms with Crippen LogP contribution in [0, 0.1) is 5.41 Å². The van der Waals surface area contributed by atoms with E-state index in [-0.39, 0.29) is 11.5 Å². The Morgan fingerprint density at radius 3 is 2.55 bits per heavy atom. The van der Waals surface area contributed by atoms with Crippen LogP contribution in [0.3, 0.4) is 0 Å². The lowest BCUT2D eigenvalue weighted by molar-refractivity contribution is -0.124. The summed E-state index contributed by atoms with van der Waals surface area (Å²) < 4.78 is 0. The molecule has 1 unspecified atom stereocenters. The molecule has 20 heavy (non-hydrogen) atoms. The third kappa shape index (κ3) is 2.45. The molecule has 1 aromatic carbocycles. The third-order valence-electron chi connectivity index (χ3n) is 4.84. The zero-order valence-corrected chi connectivity index (χ0v) is 12.3. The molecule has 1 N–H and O–H groups in total. The van der Waals surface area contributed by atoms with Crippen molar-refractivity contribution in [3.05, 3.63) is 48.0 Å². The Morgan fingerprint density at radius 2 is 1.95 bits per heavy atom. The summed E-state index contributed by atoms with van der Waals surface area (Å²) in [5, 5.41) is 10.6. The molecule has 2 aliphatic carbocycles. The lowest BCUT2D eigenvalue weighted by Crippen LogP contribution is -2.31. The van der Waals surface area contributed by atoms with Gasteiger partial charge in [0.15, 0.2) is 0 Å². The van der Waals surface area contributed by atoms with Crippen molar-refractivity contribution in [1.29, 1.82) is 0 Å². The average molecular weight is 272 g/mol. The largest absolute Gasteiger partial charge is 0.388 e. The first kappa shape index (κ1) is 15.0. The van der Waals surface area contributed by atoms with Gasteiger partial charge in [-0.3, -0.25) is 4.79 Å². The smallest absolute Gasteiger partial charge is 0.132 e. The van der Waals surface area contributed by atoms with E-state index in [1.165, 1.54) is 11.1 Å². The number of aliphatic hydroxyl groups excluding tert-OH is 1. The molecule has 0 bridgehead atoms. The van der Waals surface area contributed by atoms with E-state index < -0.39 is 0 Å². The van der Waals surface area contributed by atoms with Gasteiger partial charge in [-0.05, 0) is 42.4 Å². The van der Waals surface area contributed by atoms with E-state index >= 15 is 0 Å². The number of aliphatic hydroxyl groups is 1. The zero-order chi connectivity index (χ0) is 14.8. The van der Waals surface area contributed by atoms with Crippen LogP contribution in [0.2, 0.25) is 0 Å². The monoisotopic (exact) mass is 272 g/mol. The van der Waals surface area contributed by atoms with Crippen LogP contribution in [0.5, 0.6) is 0 Å². The first-order valence-corrected chi connectivity index (χ1v) is 7.46. The number of fused-ring (bicyclic) bond motifs is 1. The number of Topliss-reactive ketones (excluding diaryl/α,β-unsaturated/α-hetero) is 1. The SMILES string of the molecule is C=C.CCc1ccc2c(c1)CC1(CCC(=O)CC1)C2O. The summed E-state index contributed by atoms with van der Waals surface area (Å²) in [7, 11) is 0. The minimum atomic E-state index is -0.369. The van der Waals surface area contributed by atoms with Crippen molar-refractivity contribution in [2.24, 2.45) is 5.41 Å². The number of hydrogen-bond acceptors (Lipinski definition) is 2.